The number of benzene rings is 4. The number of hydrogen-bond donors (Lipinski definition) is 0. The average molecular weight is 445 g/mol. The molecule has 6 rings (SSSR count). The van der Waals surface area contributed by atoms with E-state index in [1.54, 1.807) is 0 Å². The van der Waals surface area contributed by atoms with Crippen molar-refractivity contribution >= 4 is 33.0 Å². The standard InChI is InChI=1S/C31H28N2O/c1-19(2)23-18-24(20(3)4)30-28(22-14-8-11-17-27(22)34-30)29(23)33-26-16-10-9-15-25(26)32-31(33)21-12-6-5-7-13-21/h5-20H,1-4H3. The first-order valence-electron chi connectivity index (χ1n) is 12.1. The minimum absolute atomic E-state index is 0.329. The van der Waals surface area contributed by atoms with E-state index in [4.69, 9.17) is 9.40 Å². The van der Waals surface area contributed by atoms with Gasteiger partial charge in [-0.05, 0) is 47.2 Å². The summed E-state index contributed by atoms with van der Waals surface area (Å²) in [7, 11) is 0. The number of imidazole rings is 1. The Labute approximate surface area is 199 Å². The lowest BCUT2D eigenvalue weighted by molar-refractivity contribution is 0.656. The van der Waals surface area contributed by atoms with Crippen LogP contribution in [-0.4, -0.2) is 9.55 Å². The molecule has 3 nitrogen and oxygen atoms in total. The van der Waals surface area contributed by atoms with Crippen molar-refractivity contribution in [2.24, 2.45) is 0 Å². The predicted molar refractivity (Wildman–Crippen MR) is 142 cm³/mol. The first-order valence-corrected chi connectivity index (χ1v) is 12.1. The van der Waals surface area contributed by atoms with Crippen molar-refractivity contribution in [3.8, 4) is 17.1 Å². The zero-order valence-corrected chi connectivity index (χ0v) is 20.0. The molecular formula is C31H28N2O. The van der Waals surface area contributed by atoms with Gasteiger partial charge in [-0.3, -0.25) is 4.57 Å². The smallest absolute Gasteiger partial charge is 0.145 e. The monoisotopic (exact) mass is 444 g/mol. The Kier molecular flexibility index (Phi) is 4.80. The highest BCUT2D eigenvalue weighted by Gasteiger charge is 2.26. The molecule has 0 spiro atoms. The van der Waals surface area contributed by atoms with Gasteiger partial charge in [-0.25, -0.2) is 4.98 Å². The molecule has 0 aliphatic carbocycles. The Balaban J connectivity index is 1.86. The van der Waals surface area contributed by atoms with E-state index in [-0.39, 0.29) is 0 Å². The van der Waals surface area contributed by atoms with Crippen molar-refractivity contribution in [1.82, 2.24) is 9.55 Å². The molecule has 2 heterocycles. The number of furan rings is 1. The van der Waals surface area contributed by atoms with Gasteiger partial charge in [0.15, 0.2) is 0 Å². The number of fused-ring (bicyclic) bond motifs is 4. The van der Waals surface area contributed by atoms with Crippen molar-refractivity contribution in [3.63, 3.8) is 0 Å². The Morgan fingerprint density at radius 2 is 1.41 bits per heavy atom. The second-order valence-corrected chi connectivity index (χ2v) is 9.64. The minimum atomic E-state index is 0.329. The molecule has 4 aromatic carbocycles. The van der Waals surface area contributed by atoms with Gasteiger partial charge in [0.25, 0.3) is 0 Å². The second kappa shape index (κ2) is 7.88. The van der Waals surface area contributed by atoms with Crippen molar-refractivity contribution in [1.29, 1.82) is 0 Å². The highest BCUT2D eigenvalue weighted by Crippen LogP contribution is 2.44. The predicted octanol–water partition coefficient (Wildman–Crippen LogP) is 8.84. The fourth-order valence-corrected chi connectivity index (χ4v) is 5.07. The van der Waals surface area contributed by atoms with Gasteiger partial charge in [0.05, 0.1) is 22.1 Å². The Morgan fingerprint density at radius 1 is 0.735 bits per heavy atom. The van der Waals surface area contributed by atoms with E-state index in [1.807, 2.05) is 6.07 Å². The molecule has 0 radical (unpaired) electrons. The fraction of sp³-hybridized carbons (Fsp3) is 0.194. The lowest BCUT2D eigenvalue weighted by Crippen LogP contribution is -2.06. The molecule has 0 saturated carbocycles. The van der Waals surface area contributed by atoms with Crippen LogP contribution >= 0.6 is 0 Å². The molecule has 3 heteroatoms. The molecule has 0 N–H and O–H groups in total. The van der Waals surface area contributed by atoms with E-state index in [2.05, 4.69) is 111 Å². The summed E-state index contributed by atoms with van der Waals surface area (Å²) in [6.45, 7) is 9.04. The molecule has 0 atom stereocenters. The fourth-order valence-electron chi connectivity index (χ4n) is 5.07. The maximum atomic E-state index is 6.54. The van der Waals surface area contributed by atoms with E-state index in [1.165, 1.54) is 22.2 Å². The van der Waals surface area contributed by atoms with Crippen molar-refractivity contribution in [3.05, 3.63) is 96.1 Å². The number of hydrogen-bond acceptors (Lipinski definition) is 2. The topological polar surface area (TPSA) is 31.0 Å². The largest absolute Gasteiger partial charge is 0.456 e. The van der Waals surface area contributed by atoms with Crippen LogP contribution in [0.4, 0.5) is 0 Å². The van der Waals surface area contributed by atoms with Crippen molar-refractivity contribution in [2.75, 3.05) is 0 Å². The van der Waals surface area contributed by atoms with Gasteiger partial charge in [-0.15, -0.1) is 0 Å². The van der Waals surface area contributed by atoms with Crippen LogP contribution in [0.15, 0.2) is 89.3 Å². The molecule has 0 unspecified atom stereocenters. The van der Waals surface area contributed by atoms with E-state index in [9.17, 15) is 0 Å². The Bertz CT molecular complexity index is 1650. The first-order chi connectivity index (χ1) is 16.5. The lowest BCUT2D eigenvalue weighted by atomic mass is 9.90. The summed E-state index contributed by atoms with van der Waals surface area (Å²) in [5.74, 6) is 1.63. The lowest BCUT2D eigenvalue weighted by Gasteiger charge is -2.21. The van der Waals surface area contributed by atoms with Gasteiger partial charge < -0.3 is 4.42 Å². The number of para-hydroxylation sites is 3. The summed E-state index contributed by atoms with van der Waals surface area (Å²) in [4.78, 5) is 5.12. The Morgan fingerprint density at radius 3 is 2.18 bits per heavy atom. The second-order valence-electron chi connectivity index (χ2n) is 9.64. The van der Waals surface area contributed by atoms with Crippen LogP contribution in [-0.2, 0) is 0 Å². The summed E-state index contributed by atoms with van der Waals surface area (Å²) >= 11 is 0. The van der Waals surface area contributed by atoms with Crippen LogP contribution in [0.5, 0.6) is 0 Å². The van der Waals surface area contributed by atoms with Gasteiger partial charge >= 0.3 is 0 Å². The summed E-state index contributed by atoms with van der Waals surface area (Å²) in [6, 6.07) is 29.7. The maximum Gasteiger partial charge on any atom is 0.145 e. The molecule has 168 valence electrons. The normalized spacial score (nSPS) is 12.1. The molecule has 0 aliphatic rings. The van der Waals surface area contributed by atoms with E-state index < -0.39 is 0 Å². The average Bonchev–Trinajstić information content (AvgIpc) is 3.42. The summed E-state index contributed by atoms with van der Waals surface area (Å²) in [5, 5.41) is 2.32. The van der Waals surface area contributed by atoms with Gasteiger partial charge in [-0.2, -0.15) is 0 Å². The zero-order chi connectivity index (χ0) is 23.4. The van der Waals surface area contributed by atoms with Crippen LogP contribution in [0.2, 0.25) is 0 Å². The molecule has 0 bridgehead atoms. The summed E-state index contributed by atoms with van der Waals surface area (Å²) < 4.78 is 8.90. The molecule has 0 amide bonds. The van der Waals surface area contributed by atoms with Crippen LogP contribution in [0.25, 0.3) is 50.0 Å². The molecule has 0 saturated heterocycles. The zero-order valence-electron chi connectivity index (χ0n) is 20.0. The van der Waals surface area contributed by atoms with E-state index >= 15 is 0 Å². The van der Waals surface area contributed by atoms with Crippen LogP contribution in [0, 0.1) is 0 Å². The first kappa shape index (κ1) is 20.7. The minimum Gasteiger partial charge on any atom is -0.456 e. The number of rotatable bonds is 4. The van der Waals surface area contributed by atoms with Crippen LogP contribution in [0.1, 0.15) is 50.7 Å². The van der Waals surface area contributed by atoms with Crippen LogP contribution < -0.4 is 0 Å². The third-order valence-corrected chi connectivity index (χ3v) is 6.74. The van der Waals surface area contributed by atoms with Gasteiger partial charge in [0.2, 0.25) is 0 Å². The highest BCUT2D eigenvalue weighted by atomic mass is 16.3. The number of nitrogens with zero attached hydrogens (tertiary/aromatic N) is 2. The molecule has 34 heavy (non-hydrogen) atoms. The summed E-state index contributed by atoms with van der Waals surface area (Å²) in [6.07, 6.45) is 0. The highest BCUT2D eigenvalue weighted by molar-refractivity contribution is 6.12. The number of aromatic nitrogens is 2. The van der Waals surface area contributed by atoms with Gasteiger partial charge in [-0.1, -0.05) is 88.4 Å². The quantitative estimate of drug-likeness (QED) is 0.272. The van der Waals surface area contributed by atoms with Crippen molar-refractivity contribution < 1.29 is 4.42 Å². The van der Waals surface area contributed by atoms with E-state index in [0.29, 0.717) is 11.8 Å². The third-order valence-electron chi connectivity index (χ3n) is 6.74. The Hall–Kier alpha value is -3.85. The van der Waals surface area contributed by atoms with E-state index in [0.717, 1.165) is 39.0 Å². The van der Waals surface area contributed by atoms with Gasteiger partial charge in [0.1, 0.15) is 17.0 Å². The van der Waals surface area contributed by atoms with Crippen molar-refractivity contribution in [2.45, 2.75) is 39.5 Å². The van der Waals surface area contributed by atoms with Gasteiger partial charge in [0, 0.05) is 10.9 Å². The third kappa shape index (κ3) is 3.07. The molecule has 6 aromatic rings. The maximum absolute atomic E-state index is 6.54. The molecular weight excluding hydrogens is 416 g/mol. The molecule has 0 fully saturated rings. The molecule has 2 aromatic heterocycles. The SMILES string of the molecule is CC(C)c1cc(C(C)C)c2oc3ccccc3c2c1-n1c(-c2ccccc2)nc2ccccc21. The van der Waals surface area contributed by atoms with Crippen LogP contribution in [0.3, 0.4) is 0 Å². The summed E-state index contributed by atoms with van der Waals surface area (Å²) in [5.41, 5.74) is 8.83. The molecule has 0 aliphatic heterocycles.